The summed E-state index contributed by atoms with van der Waals surface area (Å²) in [6, 6.07) is 17.6. The van der Waals surface area contributed by atoms with Crippen molar-refractivity contribution in [2.24, 2.45) is 0 Å². The van der Waals surface area contributed by atoms with Crippen LogP contribution in [-0.2, 0) is 10.3 Å². The van der Waals surface area contributed by atoms with Crippen LogP contribution in [0.3, 0.4) is 0 Å². The van der Waals surface area contributed by atoms with Gasteiger partial charge < -0.3 is 9.32 Å². The van der Waals surface area contributed by atoms with Gasteiger partial charge in [-0.1, -0.05) is 58.8 Å². The first-order valence-corrected chi connectivity index (χ1v) is 13.1. The van der Waals surface area contributed by atoms with Gasteiger partial charge in [0.2, 0.25) is 5.76 Å². The van der Waals surface area contributed by atoms with Gasteiger partial charge in [0.15, 0.2) is 16.1 Å². The molecule has 2 aliphatic rings. The van der Waals surface area contributed by atoms with E-state index in [9.17, 15) is 14.4 Å². The van der Waals surface area contributed by atoms with Crippen molar-refractivity contribution in [3.63, 3.8) is 0 Å². The predicted octanol–water partition coefficient (Wildman–Crippen LogP) is 5.80. The topological polar surface area (TPSA) is 83.7 Å². The Morgan fingerprint density at radius 1 is 1.11 bits per heavy atom. The first-order valence-electron chi connectivity index (χ1n) is 11.9. The molecule has 1 atom stereocenters. The maximum Gasteiger partial charge on any atom is 0.297 e. The molecule has 9 heteroatoms. The lowest BCUT2D eigenvalue weighted by molar-refractivity contribution is -0.121. The number of halogens is 1. The quantitative estimate of drug-likeness (QED) is 0.270. The third-order valence-corrected chi connectivity index (χ3v) is 8.36. The van der Waals surface area contributed by atoms with Gasteiger partial charge >= 0.3 is 0 Å². The molecule has 0 N–H and O–H groups in total. The first kappa shape index (κ1) is 22.9. The largest absolute Gasteiger partial charge is 0.450 e. The van der Waals surface area contributed by atoms with Gasteiger partial charge in [0.1, 0.15) is 5.58 Å². The molecular formula is C29H18ClN3O4S. The minimum absolute atomic E-state index is 0.00176. The van der Waals surface area contributed by atoms with Crippen LogP contribution in [0.15, 0.2) is 82.5 Å². The summed E-state index contributed by atoms with van der Waals surface area (Å²) < 4.78 is 6.86. The summed E-state index contributed by atoms with van der Waals surface area (Å²) in [6.45, 7) is 5.88. The molecule has 2 aromatic heterocycles. The summed E-state index contributed by atoms with van der Waals surface area (Å²) >= 11 is 7.44. The Balaban J connectivity index is 1.63. The maximum absolute atomic E-state index is 14.6. The van der Waals surface area contributed by atoms with Gasteiger partial charge in [-0.05, 0) is 43.3 Å². The van der Waals surface area contributed by atoms with E-state index in [0.717, 1.165) is 10.3 Å². The average Bonchev–Trinajstić information content (AvgIpc) is 3.51. The maximum atomic E-state index is 14.6. The number of para-hydroxylation sites is 1. The Morgan fingerprint density at radius 2 is 1.92 bits per heavy atom. The van der Waals surface area contributed by atoms with E-state index in [1.54, 1.807) is 59.5 Å². The number of anilines is 2. The zero-order valence-corrected chi connectivity index (χ0v) is 21.6. The zero-order valence-electron chi connectivity index (χ0n) is 20.0. The number of fused-ring (bicyclic) bond motifs is 6. The Labute approximate surface area is 225 Å². The summed E-state index contributed by atoms with van der Waals surface area (Å²) in [5, 5.41) is 1.10. The van der Waals surface area contributed by atoms with Crippen molar-refractivity contribution in [2.75, 3.05) is 16.3 Å². The molecule has 5 aromatic rings. The van der Waals surface area contributed by atoms with Crippen molar-refractivity contribution >= 4 is 66.8 Å². The van der Waals surface area contributed by atoms with Crippen molar-refractivity contribution in [3.05, 3.63) is 111 Å². The molecule has 0 bridgehead atoms. The number of aryl methyl sites for hydroxylation is 1. The van der Waals surface area contributed by atoms with Crippen molar-refractivity contribution in [3.8, 4) is 0 Å². The van der Waals surface area contributed by atoms with Crippen LogP contribution in [-0.4, -0.2) is 23.3 Å². The lowest BCUT2D eigenvalue weighted by Crippen LogP contribution is -2.53. The molecule has 1 unspecified atom stereocenters. The highest BCUT2D eigenvalue weighted by atomic mass is 35.5. The van der Waals surface area contributed by atoms with Gasteiger partial charge in [0.25, 0.3) is 11.8 Å². The highest BCUT2D eigenvalue weighted by molar-refractivity contribution is 7.22. The van der Waals surface area contributed by atoms with Crippen molar-refractivity contribution in [2.45, 2.75) is 12.5 Å². The van der Waals surface area contributed by atoms with Crippen LogP contribution in [0, 0.1) is 6.92 Å². The van der Waals surface area contributed by atoms with Crippen LogP contribution in [0.1, 0.15) is 27.2 Å². The minimum atomic E-state index is -1.79. The number of aromatic nitrogens is 1. The molecule has 0 saturated carbocycles. The van der Waals surface area contributed by atoms with E-state index in [1.807, 2.05) is 19.1 Å². The highest BCUT2D eigenvalue weighted by Crippen LogP contribution is 2.54. The van der Waals surface area contributed by atoms with Gasteiger partial charge in [0.05, 0.1) is 26.9 Å². The number of hydrogen-bond acceptors (Lipinski definition) is 6. The molecule has 0 saturated heterocycles. The second-order valence-electron chi connectivity index (χ2n) is 9.32. The Morgan fingerprint density at radius 3 is 2.74 bits per heavy atom. The van der Waals surface area contributed by atoms with E-state index >= 15 is 0 Å². The zero-order chi connectivity index (χ0) is 26.3. The van der Waals surface area contributed by atoms with Crippen LogP contribution in [0.4, 0.5) is 10.8 Å². The number of thiazole rings is 1. The number of amides is 2. The van der Waals surface area contributed by atoms with E-state index in [-0.39, 0.29) is 28.6 Å². The molecule has 2 aliphatic heterocycles. The molecule has 4 heterocycles. The van der Waals surface area contributed by atoms with Gasteiger partial charge in [-0.15, -0.1) is 6.58 Å². The third kappa shape index (κ3) is 2.78. The normalized spacial score (nSPS) is 18.2. The summed E-state index contributed by atoms with van der Waals surface area (Å²) in [5.74, 6) is -1.21. The number of hydrogen-bond donors (Lipinski definition) is 0. The number of benzene rings is 3. The van der Waals surface area contributed by atoms with Crippen molar-refractivity contribution in [1.29, 1.82) is 0 Å². The van der Waals surface area contributed by atoms with Crippen LogP contribution < -0.4 is 15.2 Å². The Bertz CT molecular complexity index is 1940. The fraction of sp³-hybridized carbons (Fsp3) is 0.103. The molecule has 38 heavy (non-hydrogen) atoms. The smallest absolute Gasteiger partial charge is 0.297 e. The summed E-state index contributed by atoms with van der Waals surface area (Å²) in [5.41, 5.74) is 0.649. The molecule has 7 rings (SSSR count). The number of rotatable bonds is 3. The van der Waals surface area contributed by atoms with E-state index in [1.165, 1.54) is 16.2 Å². The van der Waals surface area contributed by atoms with Crippen LogP contribution >= 0.6 is 22.9 Å². The van der Waals surface area contributed by atoms with Gasteiger partial charge in [-0.2, -0.15) is 0 Å². The summed E-state index contributed by atoms with van der Waals surface area (Å²) in [7, 11) is 0. The van der Waals surface area contributed by atoms with Crippen LogP contribution in [0.2, 0.25) is 5.02 Å². The number of carbonyl (C=O) groups excluding carboxylic acids is 2. The van der Waals surface area contributed by atoms with E-state index < -0.39 is 22.8 Å². The SMILES string of the molecule is C=CCN1C(=O)C2(c3ccccc31)c1c(oc3ccc(C)cc3c1=O)C(=O)N2c1nc2ccc(Cl)cc2s1. The molecular weight excluding hydrogens is 522 g/mol. The standard InChI is InChI=1S/C29H18ClN3O4S/c1-3-12-32-20-7-5-4-6-18(20)29(27(32)36)23-24(34)17-13-15(2)8-11-21(17)37-25(23)26(35)33(29)28-31-19-10-9-16(30)14-22(19)38-28/h3-11,13-14H,1,12H2,2H3. The lowest BCUT2D eigenvalue weighted by Gasteiger charge is -2.32. The van der Waals surface area contributed by atoms with E-state index in [0.29, 0.717) is 27.2 Å². The monoisotopic (exact) mass is 539 g/mol. The minimum Gasteiger partial charge on any atom is -0.450 e. The van der Waals surface area contributed by atoms with E-state index in [4.69, 9.17) is 21.0 Å². The Hall–Kier alpha value is -4.27. The molecule has 1 spiro atoms. The van der Waals surface area contributed by atoms with Gasteiger partial charge in [0, 0.05) is 17.1 Å². The fourth-order valence-electron chi connectivity index (χ4n) is 5.57. The molecule has 0 aliphatic carbocycles. The molecule has 0 fully saturated rings. The molecule has 2 amide bonds. The number of carbonyl (C=O) groups is 2. The fourth-order valence-corrected chi connectivity index (χ4v) is 6.86. The molecule has 7 nitrogen and oxygen atoms in total. The summed E-state index contributed by atoms with van der Waals surface area (Å²) in [4.78, 5) is 50.6. The second-order valence-corrected chi connectivity index (χ2v) is 10.8. The molecule has 0 radical (unpaired) electrons. The van der Waals surface area contributed by atoms with E-state index in [2.05, 4.69) is 6.58 Å². The number of nitrogens with zero attached hydrogens (tertiary/aromatic N) is 3. The molecule has 186 valence electrons. The van der Waals surface area contributed by atoms with Crippen LogP contribution in [0.5, 0.6) is 0 Å². The van der Waals surface area contributed by atoms with Crippen molar-refractivity contribution < 1.29 is 14.0 Å². The third-order valence-electron chi connectivity index (χ3n) is 7.12. The van der Waals surface area contributed by atoms with Crippen LogP contribution in [0.25, 0.3) is 21.2 Å². The highest BCUT2D eigenvalue weighted by Gasteiger charge is 2.66. The van der Waals surface area contributed by atoms with Gasteiger partial charge in [-0.3, -0.25) is 19.3 Å². The van der Waals surface area contributed by atoms with Crippen molar-refractivity contribution in [1.82, 2.24) is 4.98 Å². The predicted molar refractivity (Wildman–Crippen MR) is 148 cm³/mol. The molecule has 3 aromatic carbocycles. The lowest BCUT2D eigenvalue weighted by atomic mass is 9.84. The second kappa shape index (κ2) is 7.86. The first-order chi connectivity index (χ1) is 18.4. The summed E-state index contributed by atoms with van der Waals surface area (Å²) in [6.07, 6.45) is 1.61. The average molecular weight is 540 g/mol. The van der Waals surface area contributed by atoms with Gasteiger partial charge in [-0.25, -0.2) is 4.98 Å². The Kier molecular flexibility index (Phi) is 4.74.